The van der Waals surface area contributed by atoms with Gasteiger partial charge in [-0.25, -0.2) is 0 Å². The Morgan fingerprint density at radius 1 is 1.42 bits per heavy atom. The van der Waals surface area contributed by atoms with Crippen molar-refractivity contribution in [1.82, 2.24) is 0 Å². The first-order valence-electron chi connectivity index (χ1n) is 6.38. The molecular formula is C14H17NO4. The second-order valence-corrected chi connectivity index (χ2v) is 4.68. The summed E-state index contributed by atoms with van der Waals surface area (Å²) in [5.41, 5.74) is 1.77. The molecule has 0 aliphatic carbocycles. The first kappa shape index (κ1) is 13.4. The highest BCUT2D eigenvalue weighted by molar-refractivity contribution is 5.97. The number of hydrogen-bond acceptors (Lipinski definition) is 3. The summed E-state index contributed by atoms with van der Waals surface area (Å²) in [7, 11) is 0. The normalized spacial score (nSPS) is 17.3. The zero-order valence-electron chi connectivity index (χ0n) is 10.8. The SMILES string of the molecule is CC1Oc2ccc(CCCCC(=O)O)cc2NC1=O. The number of aryl methyl sites for hydroxylation is 1. The third-order valence-electron chi connectivity index (χ3n) is 3.08. The molecule has 5 heteroatoms. The van der Waals surface area contributed by atoms with Gasteiger partial charge in [0.2, 0.25) is 0 Å². The van der Waals surface area contributed by atoms with Crippen LogP contribution in [0.4, 0.5) is 5.69 Å². The Labute approximate surface area is 111 Å². The number of amides is 1. The Balaban J connectivity index is 1.95. The minimum absolute atomic E-state index is 0.143. The average molecular weight is 263 g/mol. The molecule has 0 saturated carbocycles. The molecule has 0 saturated heterocycles. The van der Waals surface area contributed by atoms with E-state index in [0.29, 0.717) is 17.9 Å². The number of carboxylic acids is 1. The maximum Gasteiger partial charge on any atom is 0.303 e. The Kier molecular flexibility index (Phi) is 4.04. The fraction of sp³-hybridized carbons (Fsp3) is 0.429. The van der Waals surface area contributed by atoms with Crippen LogP contribution in [-0.2, 0) is 16.0 Å². The molecule has 1 aromatic carbocycles. The highest BCUT2D eigenvalue weighted by Crippen LogP contribution is 2.30. The Morgan fingerprint density at radius 2 is 2.21 bits per heavy atom. The van der Waals surface area contributed by atoms with Gasteiger partial charge in [-0.05, 0) is 43.9 Å². The molecule has 1 heterocycles. The van der Waals surface area contributed by atoms with E-state index in [-0.39, 0.29) is 12.3 Å². The Morgan fingerprint density at radius 3 is 2.95 bits per heavy atom. The van der Waals surface area contributed by atoms with Crippen LogP contribution in [0.3, 0.4) is 0 Å². The highest BCUT2D eigenvalue weighted by atomic mass is 16.5. The van der Waals surface area contributed by atoms with Crippen molar-refractivity contribution in [2.45, 2.75) is 38.7 Å². The van der Waals surface area contributed by atoms with Crippen LogP contribution in [-0.4, -0.2) is 23.1 Å². The molecule has 0 spiro atoms. The number of anilines is 1. The molecule has 1 aliphatic heterocycles. The van der Waals surface area contributed by atoms with E-state index in [9.17, 15) is 9.59 Å². The van der Waals surface area contributed by atoms with Gasteiger partial charge in [0.15, 0.2) is 6.10 Å². The van der Waals surface area contributed by atoms with Gasteiger partial charge in [-0.1, -0.05) is 6.07 Å². The second kappa shape index (κ2) is 5.73. The topological polar surface area (TPSA) is 75.6 Å². The number of rotatable bonds is 5. The predicted octanol–water partition coefficient (Wildman–Crippen LogP) is 2.20. The smallest absolute Gasteiger partial charge is 0.303 e. The van der Waals surface area contributed by atoms with E-state index in [1.807, 2.05) is 18.2 Å². The van der Waals surface area contributed by atoms with E-state index >= 15 is 0 Å². The molecule has 0 radical (unpaired) electrons. The fourth-order valence-electron chi connectivity index (χ4n) is 2.02. The fourth-order valence-corrected chi connectivity index (χ4v) is 2.02. The van der Waals surface area contributed by atoms with Crippen LogP contribution in [0.15, 0.2) is 18.2 Å². The molecule has 1 atom stereocenters. The van der Waals surface area contributed by atoms with Crippen molar-refractivity contribution in [3.63, 3.8) is 0 Å². The van der Waals surface area contributed by atoms with Gasteiger partial charge in [0.25, 0.3) is 5.91 Å². The van der Waals surface area contributed by atoms with Gasteiger partial charge >= 0.3 is 5.97 Å². The largest absolute Gasteiger partial charge is 0.481 e. The first-order chi connectivity index (χ1) is 9.06. The zero-order chi connectivity index (χ0) is 13.8. The lowest BCUT2D eigenvalue weighted by molar-refractivity contribution is -0.137. The van der Waals surface area contributed by atoms with Crippen molar-refractivity contribution in [3.8, 4) is 5.75 Å². The number of benzene rings is 1. The Hall–Kier alpha value is -2.04. The van der Waals surface area contributed by atoms with Crippen molar-refractivity contribution in [3.05, 3.63) is 23.8 Å². The minimum Gasteiger partial charge on any atom is -0.481 e. The summed E-state index contributed by atoms with van der Waals surface area (Å²) in [6.07, 6.45) is 2.01. The highest BCUT2D eigenvalue weighted by Gasteiger charge is 2.23. The van der Waals surface area contributed by atoms with E-state index < -0.39 is 12.1 Å². The molecule has 5 nitrogen and oxygen atoms in total. The molecule has 102 valence electrons. The number of nitrogens with one attached hydrogen (secondary N) is 1. The average Bonchev–Trinajstić information content (AvgIpc) is 2.36. The summed E-state index contributed by atoms with van der Waals surface area (Å²) in [5.74, 6) is -0.225. The quantitative estimate of drug-likeness (QED) is 0.798. The summed E-state index contributed by atoms with van der Waals surface area (Å²) >= 11 is 0. The molecule has 0 bridgehead atoms. The molecule has 2 N–H and O–H groups in total. The third-order valence-corrected chi connectivity index (χ3v) is 3.08. The number of carbonyl (C=O) groups is 2. The maximum absolute atomic E-state index is 11.5. The minimum atomic E-state index is -0.764. The molecule has 0 fully saturated rings. The summed E-state index contributed by atoms with van der Waals surface area (Å²) < 4.78 is 5.47. The van der Waals surface area contributed by atoms with Crippen LogP contribution >= 0.6 is 0 Å². The molecule has 0 aromatic heterocycles. The standard InChI is InChI=1S/C14H17NO4/c1-9-14(18)15-11-8-10(6-7-12(11)19-9)4-2-3-5-13(16)17/h6-9H,2-5H2,1H3,(H,15,18)(H,16,17). The van der Waals surface area contributed by atoms with Crippen LogP contribution in [0, 0.1) is 0 Å². The van der Waals surface area contributed by atoms with Crippen molar-refractivity contribution in [2.24, 2.45) is 0 Å². The number of aliphatic carboxylic acids is 1. The molecule has 19 heavy (non-hydrogen) atoms. The van der Waals surface area contributed by atoms with E-state index in [1.165, 1.54) is 0 Å². The van der Waals surface area contributed by atoms with Gasteiger partial charge < -0.3 is 15.2 Å². The van der Waals surface area contributed by atoms with Gasteiger partial charge in [-0.2, -0.15) is 0 Å². The van der Waals surface area contributed by atoms with Crippen molar-refractivity contribution in [1.29, 1.82) is 0 Å². The lowest BCUT2D eigenvalue weighted by Gasteiger charge is -2.23. The third kappa shape index (κ3) is 3.47. The lowest BCUT2D eigenvalue weighted by atomic mass is 10.1. The van der Waals surface area contributed by atoms with Gasteiger partial charge in [0.05, 0.1) is 5.69 Å². The van der Waals surface area contributed by atoms with Gasteiger partial charge in [-0.3, -0.25) is 9.59 Å². The Bertz CT molecular complexity index is 498. The predicted molar refractivity (Wildman–Crippen MR) is 70.4 cm³/mol. The number of carboxylic acid groups (broad SMARTS) is 1. The number of unbranched alkanes of at least 4 members (excludes halogenated alkanes) is 1. The van der Waals surface area contributed by atoms with E-state index in [2.05, 4.69) is 5.32 Å². The zero-order valence-corrected chi connectivity index (χ0v) is 10.8. The van der Waals surface area contributed by atoms with Crippen molar-refractivity contribution < 1.29 is 19.4 Å². The van der Waals surface area contributed by atoms with Gasteiger partial charge in [0.1, 0.15) is 5.75 Å². The van der Waals surface area contributed by atoms with E-state index in [4.69, 9.17) is 9.84 Å². The molecule has 1 aromatic rings. The molecule has 1 aliphatic rings. The summed E-state index contributed by atoms with van der Waals surface area (Å²) in [4.78, 5) is 21.9. The molecule has 2 rings (SSSR count). The number of carbonyl (C=O) groups excluding carboxylic acids is 1. The van der Waals surface area contributed by atoms with Crippen LogP contribution < -0.4 is 10.1 Å². The first-order valence-corrected chi connectivity index (χ1v) is 6.38. The van der Waals surface area contributed by atoms with Crippen LogP contribution in [0.2, 0.25) is 0 Å². The van der Waals surface area contributed by atoms with Gasteiger partial charge in [0, 0.05) is 6.42 Å². The lowest BCUT2D eigenvalue weighted by Crippen LogP contribution is -2.34. The van der Waals surface area contributed by atoms with E-state index in [1.54, 1.807) is 6.92 Å². The van der Waals surface area contributed by atoms with E-state index in [0.717, 1.165) is 18.4 Å². The van der Waals surface area contributed by atoms with Crippen LogP contribution in [0.5, 0.6) is 5.75 Å². The summed E-state index contributed by atoms with van der Waals surface area (Å²) in [6, 6.07) is 5.68. The summed E-state index contributed by atoms with van der Waals surface area (Å²) in [5, 5.41) is 11.4. The van der Waals surface area contributed by atoms with Crippen molar-refractivity contribution >= 4 is 17.6 Å². The molecular weight excluding hydrogens is 246 g/mol. The molecule has 1 unspecified atom stereocenters. The van der Waals surface area contributed by atoms with Crippen LogP contribution in [0.25, 0.3) is 0 Å². The maximum atomic E-state index is 11.5. The monoisotopic (exact) mass is 263 g/mol. The van der Waals surface area contributed by atoms with Gasteiger partial charge in [-0.15, -0.1) is 0 Å². The summed E-state index contributed by atoms with van der Waals surface area (Å²) in [6.45, 7) is 1.71. The number of hydrogen-bond donors (Lipinski definition) is 2. The second-order valence-electron chi connectivity index (χ2n) is 4.68. The number of fused-ring (bicyclic) bond motifs is 1. The van der Waals surface area contributed by atoms with Crippen LogP contribution in [0.1, 0.15) is 31.7 Å². The van der Waals surface area contributed by atoms with Crippen molar-refractivity contribution in [2.75, 3.05) is 5.32 Å². The number of ether oxygens (including phenoxy) is 1. The molecule has 1 amide bonds.